The molecular weight excluding hydrogens is 178 g/mol. The van der Waals surface area contributed by atoms with Gasteiger partial charge in [0.2, 0.25) is 0 Å². The predicted molar refractivity (Wildman–Crippen MR) is 56.4 cm³/mol. The van der Waals surface area contributed by atoms with E-state index in [1.54, 1.807) is 0 Å². The number of nitrogens with zero attached hydrogens (tertiary/aromatic N) is 1. The van der Waals surface area contributed by atoms with Crippen LogP contribution in [0.5, 0.6) is 0 Å². The summed E-state index contributed by atoms with van der Waals surface area (Å²) >= 11 is 0. The van der Waals surface area contributed by atoms with Crippen LogP contribution >= 0.6 is 0 Å². The Labute approximate surface area is 86.1 Å². The zero-order valence-electron chi connectivity index (χ0n) is 9.20. The van der Waals surface area contributed by atoms with Gasteiger partial charge >= 0.3 is 5.97 Å². The van der Waals surface area contributed by atoms with E-state index < -0.39 is 5.97 Å². The fourth-order valence-electron chi connectivity index (χ4n) is 2.32. The highest BCUT2D eigenvalue weighted by molar-refractivity contribution is 5.66. The molecule has 0 aliphatic heterocycles. The molecule has 14 heavy (non-hydrogen) atoms. The minimum Gasteiger partial charge on any atom is -0.481 e. The molecule has 1 aliphatic carbocycles. The predicted octanol–water partition coefficient (Wildman–Crippen LogP) is 2.11. The van der Waals surface area contributed by atoms with Gasteiger partial charge in [-0.3, -0.25) is 9.69 Å². The molecule has 1 N–H and O–H groups in total. The van der Waals surface area contributed by atoms with Gasteiger partial charge in [-0.1, -0.05) is 12.8 Å². The molecule has 1 fully saturated rings. The van der Waals surface area contributed by atoms with Crippen LogP contribution in [0.25, 0.3) is 0 Å². The van der Waals surface area contributed by atoms with Crippen LogP contribution in [0.3, 0.4) is 0 Å². The Hall–Kier alpha value is -0.570. The van der Waals surface area contributed by atoms with Crippen molar-refractivity contribution in [3.63, 3.8) is 0 Å². The normalized spacial score (nSPS) is 18.3. The molecule has 0 saturated heterocycles. The lowest BCUT2D eigenvalue weighted by molar-refractivity contribution is -0.137. The average molecular weight is 199 g/mol. The van der Waals surface area contributed by atoms with Crippen LogP contribution in [-0.2, 0) is 4.79 Å². The van der Waals surface area contributed by atoms with Crippen molar-refractivity contribution in [3.05, 3.63) is 0 Å². The maximum atomic E-state index is 10.5. The summed E-state index contributed by atoms with van der Waals surface area (Å²) in [5, 5.41) is 8.66. The van der Waals surface area contributed by atoms with Crippen LogP contribution in [0.1, 0.15) is 46.0 Å². The molecule has 1 rings (SSSR count). The SMILES string of the molecule is CC(C)N(CCC(=O)O)C1CCCC1. The van der Waals surface area contributed by atoms with Gasteiger partial charge in [-0.25, -0.2) is 0 Å². The lowest BCUT2D eigenvalue weighted by Crippen LogP contribution is -2.40. The first-order valence-electron chi connectivity index (χ1n) is 5.59. The highest BCUT2D eigenvalue weighted by atomic mass is 16.4. The second-order valence-electron chi connectivity index (χ2n) is 4.41. The lowest BCUT2D eigenvalue weighted by atomic mass is 10.1. The number of carboxylic acids is 1. The monoisotopic (exact) mass is 199 g/mol. The molecule has 0 spiro atoms. The lowest BCUT2D eigenvalue weighted by Gasteiger charge is -2.32. The number of aliphatic carboxylic acids is 1. The third-order valence-corrected chi connectivity index (χ3v) is 3.04. The quantitative estimate of drug-likeness (QED) is 0.737. The number of hydrogen-bond acceptors (Lipinski definition) is 2. The second-order valence-corrected chi connectivity index (χ2v) is 4.41. The summed E-state index contributed by atoms with van der Waals surface area (Å²) in [5.74, 6) is -0.686. The smallest absolute Gasteiger partial charge is 0.304 e. The Balaban J connectivity index is 2.41. The van der Waals surface area contributed by atoms with E-state index in [4.69, 9.17) is 5.11 Å². The first-order chi connectivity index (χ1) is 6.61. The van der Waals surface area contributed by atoms with Crippen molar-refractivity contribution in [2.24, 2.45) is 0 Å². The Kier molecular flexibility index (Phi) is 4.39. The second kappa shape index (κ2) is 5.35. The average Bonchev–Trinajstić information content (AvgIpc) is 2.56. The molecule has 82 valence electrons. The summed E-state index contributed by atoms with van der Waals surface area (Å²) in [6.07, 6.45) is 5.38. The van der Waals surface area contributed by atoms with E-state index in [1.165, 1.54) is 25.7 Å². The molecule has 0 atom stereocenters. The van der Waals surface area contributed by atoms with Crippen LogP contribution in [0.15, 0.2) is 0 Å². The molecule has 0 amide bonds. The highest BCUT2D eigenvalue weighted by Crippen LogP contribution is 2.25. The highest BCUT2D eigenvalue weighted by Gasteiger charge is 2.24. The Morgan fingerprint density at radius 3 is 2.43 bits per heavy atom. The van der Waals surface area contributed by atoms with Crippen molar-refractivity contribution >= 4 is 5.97 Å². The van der Waals surface area contributed by atoms with Crippen LogP contribution in [0, 0.1) is 0 Å². The van der Waals surface area contributed by atoms with Crippen molar-refractivity contribution in [2.45, 2.75) is 58.0 Å². The summed E-state index contributed by atoms with van der Waals surface area (Å²) in [4.78, 5) is 12.9. The summed E-state index contributed by atoms with van der Waals surface area (Å²) in [6.45, 7) is 5.01. The molecule has 1 saturated carbocycles. The molecule has 0 aromatic heterocycles. The van der Waals surface area contributed by atoms with E-state index in [0.717, 1.165) is 0 Å². The Morgan fingerprint density at radius 2 is 2.00 bits per heavy atom. The van der Waals surface area contributed by atoms with Gasteiger partial charge in [0.1, 0.15) is 0 Å². The summed E-state index contributed by atoms with van der Waals surface area (Å²) in [7, 11) is 0. The summed E-state index contributed by atoms with van der Waals surface area (Å²) in [5.41, 5.74) is 0. The molecule has 1 aliphatic rings. The van der Waals surface area contributed by atoms with Gasteiger partial charge in [0.15, 0.2) is 0 Å². The van der Waals surface area contributed by atoms with Gasteiger partial charge < -0.3 is 5.11 Å². The molecule has 0 bridgehead atoms. The van der Waals surface area contributed by atoms with E-state index in [1.807, 2.05) is 0 Å². The summed E-state index contributed by atoms with van der Waals surface area (Å²) < 4.78 is 0. The molecule has 0 heterocycles. The number of carboxylic acid groups (broad SMARTS) is 1. The van der Waals surface area contributed by atoms with Gasteiger partial charge in [-0.2, -0.15) is 0 Å². The third kappa shape index (κ3) is 3.29. The molecular formula is C11H21NO2. The third-order valence-electron chi connectivity index (χ3n) is 3.04. The van der Waals surface area contributed by atoms with Crippen molar-refractivity contribution < 1.29 is 9.90 Å². The van der Waals surface area contributed by atoms with Gasteiger partial charge in [-0.05, 0) is 26.7 Å². The Bertz CT molecular complexity index is 186. The van der Waals surface area contributed by atoms with Crippen molar-refractivity contribution in [1.82, 2.24) is 4.90 Å². The van der Waals surface area contributed by atoms with E-state index in [-0.39, 0.29) is 6.42 Å². The van der Waals surface area contributed by atoms with Crippen LogP contribution in [0.4, 0.5) is 0 Å². The topological polar surface area (TPSA) is 40.5 Å². The van der Waals surface area contributed by atoms with E-state index >= 15 is 0 Å². The van der Waals surface area contributed by atoms with Crippen molar-refractivity contribution in [3.8, 4) is 0 Å². The zero-order chi connectivity index (χ0) is 10.6. The molecule has 0 aromatic carbocycles. The van der Waals surface area contributed by atoms with Gasteiger partial charge in [-0.15, -0.1) is 0 Å². The molecule has 3 heteroatoms. The zero-order valence-corrected chi connectivity index (χ0v) is 9.20. The fourth-order valence-corrected chi connectivity index (χ4v) is 2.32. The molecule has 0 aromatic rings. The largest absolute Gasteiger partial charge is 0.481 e. The minimum absolute atomic E-state index is 0.272. The molecule has 0 unspecified atom stereocenters. The van der Waals surface area contributed by atoms with Crippen LogP contribution in [-0.4, -0.2) is 34.6 Å². The minimum atomic E-state index is -0.686. The van der Waals surface area contributed by atoms with Crippen molar-refractivity contribution in [1.29, 1.82) is 0 Å². The van der Waals surface area contributed by atoms with E-state index in [9.17, 15) is 4.79 Å². The van der Waals surface area contributed by atoms with Crippen LogP contribution < -0.4 is 0 Å². The first kappa shape index (κ1) is 11.5. The summed E-state index contributed by atoms with van der Waals surface area (Å²) in [6, 6.07) is 1.10. The maximum Gasteiger partial charge on any atom is 0.304 e. The Morgan fingerprint density at radius 1 is 1.43 bits per heavy atom. The number of carbonyl (C=O) groups is 1. The first-order valence-corrected chi connectivity index (χ1v) is 5.59. The van der Waals surface area contributed by atoms with Gasteiger partial charge in [0, 0.05) is 18.6 Å². The maximum absolute atomic E-state index is 10.5. The number of hydrogen-bond donors (Lipinski definition) is 1. The molecule has 3 nitrogen and oxygen atoms in total. The number of rotatable bonds is 5. The van der Waals surface area contributed by atoms with E-state index in [2.05, 4.69) is 18.7 Å². The fraction of sp³-hybridized carbons (Fsp3) is 0.909. The van der Waals surface area contributed by atoms with Gasteiger partial charge in [0.25, 0.3) is 0 Å². The van der Waals surface area contributed by atoms with Gasteiger partial charge in [0.05, 0.1) is 6.42 Å². The van der Waals surface area contributed by atoms with E-state index in [0.29, 0.717) is 18.6 Å². The molecule has 0 radical (unpaired) electrons. The van der Waals surface area contributed by atoms with Crippen LogP contribution in [0.2, 0.25) is 0 Å². The van der Waals surface area contributed by atoms with Crippen molar-refractivity contribution in [2.75, 3.05) is 6.54 Å². The standard InChI is InChI=1S/C11H21NO2/c1-9(2)12(8-7-11(13)14)10-5-3-4-6-10/h9-10H,3-8H2,1-2H3,(H,13,14).